The van der Waals surface area contributed by atoms with Crippen LogP contribution in [-0.4, -0.2) is 60.5 Å². The lowest BCUT2D eigenvalue weighted by molar-refractivity contribution is 0.0162. The van der Waals surface area contributed by atoms with Gasteiger partial charge in [0.15, 0.2) is 5.69 Å². The molecule has 1 saturated heterocycles. The zero-order valence-electron chi connectivity index (χ0n) is 20.0. The van der Waals surface area contributed by atoms with Gasteiger partial charge in [-0.2, -0.15) is 5.10 Å². The first kappa shape index (κ1) is 23.5. The number of hydrogen-bond donors (Lipinski definition) is 1. The summed E-state index contributed by atoms with van der Waals surface area (Å²) in [6.45, 7) is 3.43. The molecule has 3 aromatic rings. The number of methoxy groups -OCH3 is 1. The van der Waals surface area contributed by atoms with E-state index in [1.54, 1.807) is 19.2 Å². The Morgan fingerprint density at radius 2 is 1.80 bits per heavy atom. The summed E-state index contributed by atoms with van der Waals surface area (Å²) in [6, 6.07) is 14.3. The fourth-order valence-electron chi connectivity index (χ4n) is 5.02. The number of rotatable bonds is 7. The predicted octanol–water partition coefficient (Wildman–Crippen LogP) is 3.70. The van der Waals surface area contributed by atoms with Gasteiger partial charge in [-0.15, -0.1) is 0 Å². The number of nitrogens with zero attached hydrogens (tertiary/aromatic N) is 3. The van der Waals surface area contributed by atoms with Crippen LogP contribution in [0.2, 0.25) is 0 Å². The van der Waals surface area contributed by atoms with E-state index >= 15 is 0 Å². The fraction of sp³-hybridized carbons (Fsp3) is 0.407. The molecule has 1 fully saturated rings. The van der Waals surface area contributed by atoms with Gasteiger partial charge >= 0.3 is 0 Å². The Kier molecular flexibility index (Phi) is 7.11. The lowest BCUT2D eigenvalue weighted by Crippen LogP contribution is -2.44. The van der Waals surface area contributed by atoms with Crippen LogP contribution in [-0.2, 0) is 17.6 Å². The molecule has 35 heavy (non-hydrogen) atoms. The lowest BCUT2D eigenvalue weighted by atomic mass is 9.95. The van der Waals surface area contributed by atoms with E-state index in [9.17, 15) is 9.18 Å². The van der Waals surface area contributed by atoms with Crippen LogP contribution >= 0.6 is 0 Å². The number of aromatic nitrogens is 2. The molecule has 1 N–H and O–H groups in total. The van der Waals surface area contributed by atoms with Gasteiger partial charge in [0.05, 0.1) is 32.1 Å². The topological polar surface area (TPSA) is 68.6 Å². The van der Waals surface area contributed by atoms with E-state index in [-0.39, 0.29) is 17.8 Å². The number of halogens is 1. The molecular formula is C27H31FN4O3. The largest absolute Gasteiger partial charge is 0.497 e. The van der Waals surface area contributed by atoms with Crippen molar-refractivity contribution >= 4 is 5.91 Å². The summed E-state index contributed by atoms with van der Waals surface area (Å²) in [6.07, 6.45) is 3.77. The van der Waals surface area contributed by atoms with Crippen LogP contribution in [0.25, 0.3) is 5.69 Å². The maximum atomic E-state index is 13.5. The first-order valence-electron chi connectivity index (χ1n) is 12.2. The molecule has 0 bridgehead atoms. The average molecular weight is 479 g/mol. The number of carbonyl (C=O) groups excluding carboxylic acids is 1. The van der Waals surface area contributed by atoms with Crippen LogP contribution in [0.1, 0.15) is 46.2 Å². The minimum atomic E-state index is -0.291. The summed E-state index contributed by atoms with van der Waals surface area (Å²) in [4.78, 5) is 15.8. The summed E-state index contributed by atoms with van der Waals surface area (Å²) in [5.74, 6) is 0.340. The third kappa shape index (κ3) is 5.09. The Balaban J connectivity index is 1.39. The summed E-state index contributed by atoms with van der Waals surface area (Å²) < 4.78 is 26.1. The van der Waals surface area contributed by atoms with Crippen LogP contribution in [0, 0.1) is 5.82 Å². The summed E-state index contributed by atoms with van der Waals surface area (Å²) in [5.41, 5.74) is 4.41. The van der Waals surface area contributed by atoms with Gasteiger partial charge in [0.1, 0.15) is 11.6 Å². The highest BCUT2D eigenvalue weighted by molar-refractivity contribution is 5.94. The Labute approximate surface area is 204 Å². The van der Waals surface area contributed by atoms with Crippen molar-refractivity contribution in [1.29, 1.82) is 0 Å². The van der Waals surface area contributed by atoms with E-state index in [4.69, 9.17) is 14.6 Å². The third-order valence-electron chi connectivity index (χ3n) is 6.91. The molecule has 7 nitrogen and oxygen atoms in total. The Morgan fingerprint density at radius 3 is 2.51 bits per heavy atom. The van der Waals surface area contributed by atoms with Gasteiger partial charge in [0.25, 0.3) is 5.91 Å². The van der Waals surface area contributed by atoms with Crippen molar-refractivity contribution in [1.82, 2.24) is 20.0 Å². The van der Waals surface area contributed by atoms with Crippen molar-refractivity contribution in [3.63, 3.8) is 0 Å². The highest BCUT2D eigenvalue weighted by Crippen LogP contribution is 2.28. The molecule has 5 rings (SSSR count). The molecule has 0 radical (unpaired) electrons. The minimum Gasteiger partial charge on any atom is -0.497 e. The van der Waals surface area contributed by atoms with Crippen molar-refractivity contribution < 1.29 is 18.7 Å². The van der Waals surface area contributed by atoms with Crippen LogP contribution in [0.3, 0.4) is 0 Å². The molecule has 0 spiro atoms. The average Bonchev–Trinajstić information content (AvgIpc) is 3.30. The quantitative estimate of drug-likeness (QED) is 0.561. The number of fused-ring (bicyclic) bond motifs is 1. The van der Waals surface area contributed by atoms with Gasteiger partial charge in [-0.1, -0.05) is 12.1 Å². The molecule has 1 unspecified atom stereocenters. The monoisotopic (exact) mass is 478 g/mol. The smallest absolute Gasteiger partial charge is 0.272 e. The molecule has 0 saturated carbocycles. The Hall–Kier alpha value is -3.23. The van der Waals surface area contributed by atoms with Crippen molar-refractivity contribution in [2.45, 2.75) is 31.7 Å². The number of hydrogen-bond acceptors (Lipinski definition) is 5. The van der Waals surface area contributed by atoms with Crippen molar-refractivity contribution in [3.8, 4) is 11.4 Å². The molecule has 1 aliphatic heterocycles. The SMILES string of the molecule is COc1ccc(C(CNC(=O)c2nn(-c3ccc(F)cc3)c3c2CCCC3)N2CCOCC2)cc1. The zero-order valence-corrected chi connectivity index (χ0v) is 20.0. The van der Waals surface area contributed by atoms with Crippen molar-refractivity contribution in [2.24, 2.45) is 0 Å². The Morgan fingerprint density at radius 1 is 1.09 bits per heavy atom. The van der Waals surface area contributed by atoms with Gasteiger partial charge < -0.3 is 14.8 Å². The molecule has 1 amide bonds. The first-order valence-corrected chi connectivity index (χ1v) is 12.2. The van der Waals surface area contributed by atoms with E-state index < -0.39 is 0 Å². The van der Waals surface area contributed by atoms with Crippen LogP contribution in [0.4, 0.5) is 4.39 Å². The highest BCUT2D eigenvalue weighted by Gasteiger charge is 2.28. The van der Waals surface area contributed by atoms with Gasteiger partial charge in [0, 0.05) is 30.9 Å². The standard InChI is InChI=1S/C27H31FN4O3/c1-34-22-12-6-19(7-13-22)25(31-14-16-35-17-15-31)18-29-27(33)26-23-4-2-3-5-24(23)32(30-26)21-10-8-20(28)9-11-21/h6-13,25H,2-5,14-18H2,1H3,(H,29,33). The number of amides is 1. The first-order chi connectivity index (χ1) is 17.1. The predicted molar refractivity (Wildman–Crippen MR) is 131 cm³/mol. The third-order valence-corrected chi connectivity index (χ3v) is 6.91. The van der Waals surface area contributed by atoms with Gasteiger partial charge in [-0.25, -0.2) is 9.07 Å². The molecule has 1 aliphatic carbocycles. The molecule has 2 aromatic carbocycles. The van der Waals surface area contributed by atoms with Gasteiger partial charge in [-0.05, 0) is 67.6 Å². The second-order valence-corrected chi connectivity index (χ2v) is 9.02. The number of morpholine rings is 1. The maximum Gasteiger partial charge on any atom is 0.272 e. The molecule has 1 aromatic heterocycles. The van der Waals surface area contributed by atoms with E-state index in [0.29, 0.717) is 25.5 Å². The summed E-state index contributed by atoms with van der Waals surface area (Å²) >= 11 is 0. The molecule has 2 heterocycles. The normalized spacial score (nSPS) is 17.0. The number of carbonyl (C=O) groups is 1. The van der Waals surface area contributed by atoms with E-state index in [1.165, 1.54) is 12.1 Å². The molecule has 8 heteroatoms. The van der Waals surface area contributed by atoms with Crippen molar-refractivity contribution in [3.05, 3.63) is 76.9 Å². The lowest BCUT2D eigenvalue weighted by Gasteiger charge is -2.35. The van der Waals surface area contributed by atoms with E-state index in [0.717, 1.165) is 67.0 Å². The summed E-state index contributed by atoms with van der Waals surface area (Å²) in [5, 5.41) is 7.87. The zero-order chi connectivity index (χ0) is 24.2. The van der Waals surface area contributed by atoms with Crippen molar-refractivity contribution in [2.75, 3.05) is 40.0 Å². The second-order valence-electron chi connectivity index (χ2n) is 9.02. The maximum absolute atomic E-state index is 13.5. The number of ether oxygens (including phenoxy) is 2. The van der Waals surface area contributed by atoms with Crippen LogP contribution in [0.5, 0.6) is 5.75 Å². The van der Waals surface area contributed by atoms with E-state index in [1.807, 2.05) is 16.8 Å². The van der Waals surface area contributed by atoms with E-state index in [2.05, 4.69) is 22.3 Å². The molecule has 184 valence electrons. The molecule has 1 atom stereocenters. The Bertz CT molecular complexity index is 1150. The fourth-order valence-corrected chi connectivity index (χ4v) is 5.02. The van der Waals surface area contributed by atoms with Crippen LogP contribution < -0.4 is 10.1 Å². The van der Waals surface area contributed by atoms with Gasteiger partial charge in [0.2, 0.25) is 0 Å². The second kappa shape index (κ2) is 10.6. The minimum absolute atomic E-state index is 0.0174. The number of benzene rings is 2. The summed E-state index contributed by atoms with van der Waals surface area (Å²) in [7, 11) is 1.65. The number of nitrogens with one attached hydrogen (secondary N) is 1. The molecule has 2 aliphatic rings. The van der Waals surface area contributed by atoms with Gasteiger partial charge in [-0.3, -0.25) is 9.69 Å². The highest BCUT2D eigenvalue weighted by atomic mass is 19.1. The van der Waals surface area contributed by atoms with Crippen LogP contribution in [0.15, 0.2) is 48.5 Å². The molecular weight excluding hydrogens is 447 g/mol.